The minimum absolute atomic E-state index is 0.335. The Morgan fingerprint density at radius 3 is 0.912 bits per heavy atom. The first-order chi connectivity index (χ1) is 16.3. The monoisotopic (exact) mass is 456 g/mol. The van der Waals surface area contributed by atoms with Crippen LogP contribution in [-0.4, -0.2) is 30.6 Å². The van der Waals surface area contributed by atoms with Crippen molar-refractivity contribution in [1.82, 2.24) is 0 Å². The highest BCUT2D eigenvalue weighted by Crippen LogP contribution is 2.36. The molecule has 0 radical (unpaired) electrons. The summed E-state index contributed by atoms with van der Waals surface area (Å²) in [5, 5.41) is 55.7. The van der Waals surface area contributed by atoms with Crippen molar-refractivity contribution in [2.45, 2.75) is 0 Å². The summed E-state index contributed by atoms with van der Waals surface area (Å²) >= 11 is 0. The van der Waals surface area contributed by atoms with Gasteiger partial charge in [0.25, 0.3) is 0 Å². The first-order valence-electron chi connectivity index (χ1n) is 10.3. The number of rotatable bonds is 4. The number of aromatic hydroxyl groups is 6. The molecule has 6 nitrogen and oxygen atoms in total. The first kappa shape index (κ1) is 23.8. The van der Waals surface area contributed by atoms with Crippen LogP contribution in [0.15, 0.2) is 84.9 Å². The van der Waals surface area contributed by atoms with E-state index in [0.29, 0.717) is 11.1 Å². The highest BCUT2D eigenvalue weighted by Gasteiger charge is 2.07. The molecule has 6 heteroatoms. The fourth-order valence-corrected chi connectivity index (χ4v) is 2.96. The summed E-state index contributed by atoms with van der Waals surface area (Å²) in [5.74, 6) is -2.34. The highest BCUT2D eigenvalue weighted by molar-refractivity contribution is 5.73. The van der Waals surface area contributed by atoms with Gasteiger partial charge in [-0.2, -0.15) is 0 Å². The number of hydrogen-bond acceptors (Lipinski definition) is 6. The largest absolute Gasteiger partial charge is 0.504 e. The highest BCUT2D eigenvalue weighted by atomic mass is 16.3. The van der Waals surface area contributed by atoms with Crippen molar-refractivity contribution >= 4 is 24.3 Å². The maximum atomic E-state index is 9.33. The molecular formula is C28H24O6. The molecule has 4 aromatic carbocycles. The van der Waals surface area contributed by atoms with Crippen LogP contribution in [-0.2, 0) is 0 Å². The van der Waals surface area contributed by atoms with Crippen molar-refractivity contribution in [2.24, 2.45) is 0 Å². The summed E-state index contributed by atoms with van der Waals surface area (Å²) in [6, 6.07) is 24.8. The number of benzene rings is 4. The summed E-state index contributed by atoms with van der Waals surface area (Å²) < 4.78 is 0. The molecule has 0 spiro atoms. The molecule has 0 heterocycles. The van der Waals surface area contributed by atoms with Gasteiger partial charge in [0.05, 0.1) is 0 Å². The van der Waals surface area contributed by atoms with E-state index in [2.05, 4.69) is 0 Å². The van der Waals surface area contributed by atoms with Gasteiger partial charge in [0, 0.05) is 0 Å². The lowest BCUT2D eigenvalue weighted by atomic mass is 10.1. The van der Waals surface area contributed by atoms with Crippen LogP contribution in [0.25, 0.3) is 24.3 Å². The average molecular weight is 456 g/mol. The molecule has 0 amide bonds. The van der Waals surface area contributed by atoms with Crippen molar-refractivity contribution in [2.75, 3.05) is 0 Å². The predicted octanol–water partition coefficient (Wildman–Crippen LogP) is 5.95. The Bertz CT molecular complexity index is 1150. The molecule has 0 saturated carbocycles. The van der Waals surface area contributed by atoms with E-state index in [-0.39, 0.29) is 23.0 Å². The minimum atomic E-state index is -0.498. The first-order valence-corrected chi connectivity index (χ1v) is 10.3. The zero-order valence-corrected chi connectivity index (χ0v) is 18.1. The Kier molecular flexibility index (Phi) is 7.81. The second-order valence-corrected chi connectivity index (χ2v) is 7.30. The SMILES string of the molecule is Oc1cc(/C=C/c2ccccc2)cc(O)c1O.Oc1cc(/C=C/c2ccccc2)cc(O)c1O. The average Bonchev–Trinajstić information content (AvgIpc) is 2.85. The molecule has 6 N–H and O–H groups in total. The summed E-state index contributed by atoms with van der Waals surface area (Å²) in [6.07, 6.45) is 7.19. The number of phenols is 6. The van der Waals surface area contributed by atoms with E-state index in [1.165, 1.54) is 24.3 Å². The zero-order chi connectivity index (χ0) is 24.5. The van der Waals surface area contributed by atoms with E-state index in [4.69, 9.17) is 0 Å². The smallest absolute Gasteiger partial charge is 0.200 e. The van der Waals surface area contributed by atoms with Gasteiger partial charge in [-0.3, -0.25) is 0 Å². The fraction of sp³-hybridized carbons (Fsp3) is 0. The standard InChI is InChI=1S/2C14H12O3/c2*15-12-8-11(9-13(16)14(12)17)7-6-10-4-2-1-3-5-10/h2*1-9,15-17H/b2*7-6+. The van der Waals surface area contributed by atoms with E-state index in [9.17, 15) is 30.6 Å². The summed E-state index contributed by atoms with van der Waals surface area (Å²) in [5.41, 5.74) is 3.25. The van der Waals surface area contributed by atoms with E-state index in [1.807, 2.05) is 72.8 Å². The second kappa shape index (κ2) is 11.2. The number of hydrogen-bond donors (Lipinski definition) is 6. The van der Waals surface area contributed by atoms with Gasteiger partial charge in [0.1, 0.15) is 0 Å². The van der Waals surface area contributed by atoms with E-state index in [1.54, 1.807) is 12.2 Å². The molecule has 0 saturated heterocycles. The Hall–Kier alpha value is -4.84. The third-order valence-electron chi connectivity index (χ3n) is 4.72. The molecule has 0 aliphatic heterocycles. The van der Waals surface area contributed by atoms with Gasteiger partial charge in [-0.15, -0.1) is 0 Å². The van der Waals surface area contributed by atoms with E-state index >= 15 is 0 Å². The van der Waals surface area contributed by atoms with E-state index in [0.717, 1.165) is 11.1 Å². The summed E-state index contributed by atoms with van der Waals surface area (Å²) in [4.78, 5) is 0. The lowest BCUT2D eigenvalue weighted by molar-refractivity contribution is 0.367. The molecular weight excluding hydrogens is 432 g/mol. The number of phenolic OH excluding ortho intramolecular Hbond substituents is 6. The van der Waals surface area contributed by atoms with Crippen molar-refractivity contribution in [1.29, 1.82) is 0 Å². The Labute approximate surface area is 196 Å². The zero-order valence-electron chi connectivity index (χ0n) is 18.1. The fourth-order valence-electron chi connectivity index (χ4n) is 2.96. The van der Waals surface area contributed by atoms with Gasteiger partial charge in [-0.05, 0) is 46.5 Å². The molecule has 0 fully saturated rings. The molecule has 0 bridgehead atoms. The lowest BCUT2D eigenvalue weighted by Gasteiger charge is -2.02. The van der Waals surface area contributed by atoms with Gasteiger partial charge in [-0.25, -0.2) is 0 Å². The molecule has 0 unspecified atom stereocenters. The van der Waals surface area contributed by atoms with Crippen LogP contribution >= 0.6 is 0 Å². The topological polar surface area (TPSA) is 121 Å². The maximum absolute atomic E-state index is 9.33. The van der Waals surface area contributed by atoms with Gasteiger partial charge in [0.15, 0.2) is 34.5 Å². The van der Waals surface area contributed by atoms with E-state index < -0.39 is 11.5 Å². The van der Waals surface area contributed by atoms with Gasteiger partial charge >= 0.3 is 0 Å². The second-order valence-electron chi connectivity index (χ2n) is 7.30. The van der Waals surface area contributed by atoms with Crippen molar-refractivity contribution in [3.05, 3.63) is 107 Å². The lowest BCUT2D eigenvalue weighted by Crippen LogP contribution is -1.76. The quantitative estimate of drug-likeness (QED) is 0.167. The Morgan fingerprint density at radius 2 is 0.618 bits per heavy atom. The van der Waals surface area contributed by atoms with Gasteiger partial charge in [-0.1, -0.05) is 85.0 Å². The van der Waals surface area contributed by atoms with Crippen LogP contribution in [0, 0.1) is 0 Å². The van der Waals surface area contributed by atoms with Crippen molar-refractivity contribution in [3.63, 3.8) is 0 Å². The Balaban J connectivity index is 0.000000191. The van der Waals surface area contributed by atoms with Crippen LogP contribution in [0.4, 0.5) is 0 Å². The molecule has 0 aliphatic carbocycles. The molecule has 172 valence electrons. The predicted molar refractivity (Wildman–Crippen MR) is 134 cm³/mol. The molecule has 0 atom stereocenters. The van der Waals surface area contributed by atoms with Crippen molar-refractivity contribution in [3.8, 4) is 34.5 Å². The van der Waals surface area contributed by atoms with Crippen LogP contribution < -0.4 is 0 Å². The third-order valence-corrected chi connectivity index (χ3v) is 4.72. The summed E-state index contributed by atoms with van der Waals surface area (Å²) in [7, 11) is 0. The molecule has 0 aliphatic rings. The molecule has 4 aromatic rings. The van der Waals surface area contributed by atoms with Crippen LogP contribution in [0.5, 0.6) is 34.5 Å². The maximum Gasteiger partial charge on any atom is 0.200 e. The molecule has 4 rings (SSSR count). The van der Waals surface area contributed by atoms with Crippen LogP contribution in [0.2, 0.25) is 0 Å². The normalized spacial score (nSPS) is 10.8. The van der Waals surface area contributed by atoms with Crippen LogP contribution in [0.3, 0.4) is 0 Å². The molecule has 34 heavy (non-hydrogen) atoms. The van der Waals surface area contributed by atoms with Crippen LogP contribution in [0.1, 0.15) is 22.3 Å². The van der Waals surface area contributed by atoms with Gasteiger partial charge in [0.2, 0.25) is 0 Å². The van der Waals surface area contributed by atoms with Crippen molar-refractivity contribution < 1.29 is 30.6 Å². The molecule has 0 aromatic heterocycles. The summed E-state index contributed by atoms with van der Waals surface area (Å²) in [6.45, 7) is 0. The Morgan fingerprint density at radius 1 is 0.353 bits per heavy atom. The third kappa shape index (κ3) is 6.58. The van der Waals surface area contributed by atoms with Gasteiger partial charge < -0.3 is 30.6 Å². The minimum Gasteiger partial charge on any atom is -0.504 e.